The maximum atomic E-state index is 12.9. The Morgan fingerprint density at radius 3 is 2.03 bits per heavy atom. The second kappa shape index (κ2) is 11.6. The number of amides is 3. The first-order valence-corrected chi connectivity index (χ1v) is 10.0. The number of carbonyl (C=O) groups excluding carboxylic acids is 3. The van der Waals surface area contributed by atoms with E-state index in [1.165, 1.54) is 0 Å². The molecule has 2 aromatic rings. The van der Waals surface area contributed by atoms with E-state index < -0.39 is 30.0 Å². The third-order valence-corrected chi connectivity index (χ3v) is 4.92. The van der Waals surface area contributed by atoms with Crippen molar-refractivity contribution in [2.24, 2.45) is 11.7 Å². The average molecular weight is 412 g/mol. The number of primary amides is 1. The van der Waals surface area contributed by atoms with Crippen molar-refractivity contribution in [3.8, 4) is 0 Å². The Labute approximate surface area is 177 Å². The fourth-order valence-corrected chi connectivity index (χ4v) is 2.95. The largest absolute Gasteiger partial charge is 0.445 e. The summed E-state index contributed by atoms with van der Waals surface area (Å²) in [6.07, 6.45) is 0.206. The van der Waals surface area contributed by atoms with Crippen LogP contribution in [0, 0.1) is 5.92 Å². The lowest BCUT2D eigenvalue weighted by atomic mass is 9.97. The molecule has 0 aromatic heterocycles. The number of nitrogens with one attached hydrogen (secondary N) is 2. The van der Waals surface area contributed by atoms with Gasteiger partial charge in [0, 0.05) is 6.42 Å². The molecular weight excluding hydrogens is 382 g/mol. The highest BCUT2D eigenvalue weighted by Gasteiger charge is 2.29. The van der Waals surface area contributed by atoms with E-state index in [0.29, 0.717) is 6.42 Å². The molecule has 2 aromatic carbocycles. The Morgan fingerprint density at radius 2 is 1.50 bits per heavy atom. The minimum atomic E-state index is -0.915. The molecule has 0 fully saturated rings. The Hall–Kier alpha value is -3.35. The highest BCUT2D eigenvalue weighted by molar-refractivity contribution is 5.91. The van der Waals surface area contributed by atoms with E-state index in [-0.39, 0.29) is 18.9 Å². The Balaban J connectivity index is 2.08. The molecule has 0 saturated heterocycles. The number of hydrogen-bond acceptors (Lipinski definition) is 4. The van der Waals surface area contributed by atoms with E-state index in [2.05, 4.69) is 10.6 Å². The van der Waals surface area contributed by atoms with Gasteiger partial charge in [0.2, 0.25) is 11.8 Å². The second-order valence-electron chi connectivity index (χ2n) is 7.22. The molecule has 0 bridgehead atoms. The highest BCUT2D eigenvalue weighted by Crippen LogP contribution is 2.10. The monoisotopic (exact) mass is 411 g/mol. The molecule has 0 radical (unpaired) electrons. The molecule has 0 aliphatic carbocycles. The lowest BCUT2D eigenvalue weighted by Crippen LogP contribution is -2.55. The van der Waals surface area contributed by atoms with Gasteiger partial charge in [0.15, 0.2) is 0 Å². The average Bonchev–Trinajstić information content (AvgIpc) is 2.76. The molecule has 30 heavy (non-hydrogen) atoms. The summed E-state index contributed by atoms with van der Waals surface area (Å²) in [6.45, 7) is 3.83. The van der Waals surface area contributed by atoms with Crippen LogP contribution in [0.25, 0.3) is 0 Å². The second-order valence-corrected chi connectivity index (χ2v) is 7.22. The van der Waals surface area contributed by atoms with Crippen molar-refractivity contribution in [3.63, 3.8) is 0 Å². The van der Waals surface area contributed by atoms with Crippen molar-refractivity contribution < 1.29 is 19.1 Å². The summed E-state index contributed by atoms with van der Waals surface area (Å²) < 4.78 is 5.25. The number of alkyl carbamates (subject to hydrolysis) is 1. The molecule has 160 valence electrons. The summed E-state index contributed by atoms with van der Waals surface area (Å²) in [5, 5.41) is 5.29. The molecule has 3 amide bonds. The molecule has 0 spiro atoms. The molecule has 7 nitrogen and oxygen atoms in total. The van der Waals surface area contributed by atoms with Gasteiger partial charge in [-0.15, -0.1) is 0 Å². The first kappa shape index (κ1) is 22.9. The summed E-state index contributed by atoms with van der Waals surface area (Å²) in [4.78, 5) is 37.0. The van der Waals surface area contributed by atoms with Crippen LogP contribution in [0.1, 0.15) is 31.4 Å². The van der Waals surface area contributed by atoms with Crippen molar-refractivity contribution in [2.45, 2.75) is 45.4 Å². The van der Waals surface area contributed by atoms with E-state index in [1.807, 2.05) is 74.5 Å². The van der Waals surface area contributed by atoms with Gasteiger partial charge in [-0.1, -0.05) is 80.9 Å². The van der Waals surface area contributed by atoms with Crippen LogP contribution in [0.4, 0.5) is 4.79 Å². The van der Waals surface area contributed by atoms with Crippen molar-refractivity contribution in [1.29, 1.82) is 0 Å². The minimum Gasteiger partial charge on any atom is -0.445 e. The van der Waals surface area contributed by atoms with Gasteiger partial charge in [0.05, 0.1) is 0 Å². The fraction of sp³-hybridized carbons (Fsp3) is 0.348. The van der Waals surface area contributed by atoms with Crippen LogP contribution < -0.4 is 16.4 Å². The van der Waals surface area contributed by atoms with E-state index in [9.17, 15) is 14.4 Å². The van der Waals surface area contributed by atoms with Gasteiger partial charge in [-0.2, -0.15) is 0 Å². The van der Waals surface area contributed by atoms with Crippen molar-refractivity contribution >= 4 is 17.9 Å². The van der Waals surface area contributed by atoms with Crippen LogP contribution in [-0.4, -0.2) is 30.0 Å². The number of ether oxygens (including phenoxy) is 1. The topological polar surface area (TPSA) is 111 Å². The molecule has 4 N–H and O–H groups in total. The van der Waals surface area contributed by atoms with Gasteiger partial charge in [0.1, 0.15) is 18.7 Å². The Bertz CT molecular complexity index is 827. The molecule has 0 aliphatic rings. The van der Waals surface area contributed by atoms with Crippen LogP contribution in [-0.2, 0) is 27.4 Å². The minimum absolute atomic E-state index is 0.0864. The summed E-state index contributed by atoms with van der Waals surface area (Å²) >= 11 is 0. The van der Waals surface area contributed by atoms with E-state index in [4.69, 9.17) is 10.5 Å². The summed E-state index contributed by atoms with van der Waals surface area (Å²) in [5.74, 6) is -1.23. The fourth-order valence-electron chi connectivity index (χ4n) is 2.95. The van der Waals surface area contributed by atoms with Crippen LogP contribution in [0.3, 0.4) is 0 Å². The molecule has 0 unspecified atom stereocenters. The molecule has 0 heterocycles. The molecule has 2 rings (SSSR count). The Morgan fingerprint density at radius 1 is 0.933 bits per heavy atom. The van der Waals surface area contributed by atoms with Crippen molar-refractivity contribution in [2.75, 3.05) is 0 Å². The maximum Gasteiger partial charge on any atom is 0.408 e. The summed E-state index contributed by atoms with van der Waals surface area (Å²) in [6, 6.07) is 16.8. The van der Waals surface area contributed by atoms with Gasteiger partial charge >= 0.3 is 6.09 Å². The third-order valence-electron chi connectivity index (χ3n) is 4.92. The maximum absolute atomic E-state index is 12.9. The zero-order valence-electron chi connectivity index (χ0n) is 17.3. The predicted molar refractivity (Wildman–Crippen MR) is 114 cm³/mol. The summed E-state index contributed by atoms with van der Waals surface area (Å²) in [5.41, 5.74) is 7.16. The SMILES string of the molecule is CC[C@@H](C)[C@@H](NC(=O)[C@H](Cc1ccccc1)NC(=O)OCc1ccccc1)C(N)=O. The number of benzene rings is 2. The number of rotatable bonds is 10. The van der Waals surface area contributed by atoms with Crippen LogP contribution in [0.2, 0.25) is 0 Å². The van der Waals surface area contributed by atoms with E-state index >= 15 is 0 Å². The van der Waals surface area contributed by atoms with Crippen LogP contribution in [0.5, 0.6) is 0 Å². The van der Waals surface area contributed by atoms with Gasteiger partial charge in [-0.05, 0) is 17.0 Å². The van der Waals surface area contributed by atoms with Crippen molar-refractivity contribution in [1.82, 2.24) is 10.6 Å². The predicted octanol–water partition coefficient (Wildman–Crippen LogP) is 2.54. The smallest absolute Gasteiger partial charge is 0.408 e. The normalized spacial score (nSPS) is 13.5. The third kappa shape index (κ3) is 7.24. The molecular formula is C23H29N3O4. The van der Waals surface area contributed by atoms with Gasteiger partial charge in [-0.3, -0.25) is 9.59 Å². The van der Waals surface area contributed by atoms with Gasteiger partial charge in [-0.25, -0.2) is 4.79 Å². The quantitative estimate of drug-likeness (QED) is 0.558. The molecule has 7 heteroatoms. The molecule has 3 atom stereocenters. The van der Waals surface area contributed by atoms with Gasteiger partial charge < -0.3 is 21.1 Å². The van der Waals surface area contributed by atoms with Crippen LogP contribution in [0.15, 0.2) is 60.7 Å². The lowest BCUT2D eigenvalue weighted by Gasteiger charge is -2.25. The van der Waals surface area contributed by atoms with E-state index in [1.54, 1.807) is 0 Å². The number of carbonyl (C=O) groups is 3. The van der Waals surface area contributed by atoms with Gasteiger partial charge in [0.25, 0.3) is 0 Å². The molecule has 0 saturated carbocycles. The number of hydrogen-bond donors (Lipinski definition) is 3. The Kier molecular flexibility index (Phi) is 8.87. The van der Waals surface area contributed by atoms with Crippen molar-refractivity contribution in [3.05, 3.63) is 71.8 Å². The number of nitrogens with two attached hydrogens (primary N) is 1. The first-order chi connectivity index (χ1) is 14.4. The summed E-state index contributed by atoms with van der Waals surface area (Å²) in [7, 11) is 0. The standard InChI is InChI=1S/C23H29N3O4/c1-3-16(2)20(21(24)27)26-22(28)19(14-17-10-6-4-7-11-17)25-23(29)30-15-18-12-8-5-9-13-18/h4-13,16,19-20H,3,14-15H2,1-2H3,(H2,24,27)(H,25,29)(H,26,28)/t16-,19+,20-/m1/s1. The lowest BCUT2D eigenvalue weighted by molar-refractivity contribution is -0.129. The first-order valence-electron chi connectivity index (χ1n) is 10.0. The zero-order chi connectivity index (χ0) is 21.9. The van der Waals surface area contributed by atoms with E-state index in [0.717, 1.165) is 11.1 Å². The van der Waals surface area contributed by atoms with Crippen LogP contribution >= 0.6 is 0 Å². The molecule has 0 aliphatic heterocycles. The zero-order valence-corrected chi connectivity index (χ0v) is 17.3. The highest BCUT2D eigenvalue weighted by atomic mass is 16.5.